The van der Waals surface area contributed by atoms with Crippen LogP contribution in [0.2, 0.25) is 0 Å². The number of rotatable bonds is 6. The summed E-state index contributed by atoms with van der Waals surface area (Å²) >= 11 is 0. The zero-order valence-electron chi connectivity index (χ0n) is 13.1. The lowest BCUT2D eigenvalue weighted by Gasteiger charge is -2.25. The van der Waals surface area contributed by atoms with Crippen molar-refractivity contribution in [2.45, 2.75) is 6.04 Å². The van der Waals surface area contributed by atoms with Gasteiger partial charge in [0.2, 0.25) is 0 Å². The highest BCUT2D eigenvalue weighted by Crippen LogP contribution is 2.22. The molecule has 0 unspecified atom stereocenters. The van der Waals surface area contributed by atoms with Crippen molar-refractivity contribution < 1.29 is 4.74 Å². The number of aromatic nitrogens is 1. The normalized spacial score (nSPS) is 11.8. The maximum Gasteiger partial charge on any atom is 0.143 e. The van der Waals surface area contributed by atoms with Gasteiger partial charge in [-0.05, 0) is 43.9 Å². The number of nitriles is 1. The summed E-state index contributed by atoms with van der Waals surface area (Å²) in [5.41, 5.74) is 1.72. The molecule has 114 valence electrons. The van der Waals surface area contributed by atoms with Gasteiger partial charge in [0.15, 0.2) is 0 Å². The first-order valence-corrected chi connectivity index (χ1v) is 7.05. The third-order valence-electron chi connectivity index (χ3n) is 3.51. The monoisotopic (exact) mass is 296 g/mol. The Balaban J connectivity index is 2.13. The molecule has 0 radical (unpaired) electrons. The third-order valence-corrected chi connectivity index (χ3v) is 3.51. The summed E-state index contributed by atoms with van der Waals surface area (Å²) in [6, 6.07) is 13.8. The molecule has 0 aliphatic heterocycles. The number of hydrogen-bond donors (Lipinski definition) is 1. The molecule has 0 saturated heterocycles. The highest BCUT2D eigenvalue weighted by atomic mass is 16.5. The quantitative estimate of drug-likeness (QED) is 0.888. The van der Waals surface area contributed by atoms with Gasteiger partial charge in [-0.15, -0.1) is 0 Å². The minimum absolute atomic E-state index is 0.166. The van der Waals surface area contributed by atoms with E-state index in [1.54, 1.807) is 25.4 Å². The Morgan fingerprint density at radius 3 is 2.59 bits per heavy atom. The molecular weight excluding hydrogens is 276 g/mol. The first-order valence-electron chi connectivity index (χ1n) is 7.05. The fraction of sp³-hybridized carbons (Fsp3) is 0.294. The molecule has 1 N–H and O–H groups in total. The largest absolute Gasteiger partial charge is 0.497 e. The summed E-state index contributed by atoms with van der Waals surface area (Å²) in [4.78, 5) is 6.36. The smallest absolute Gasteiger partial charge is 0.143 e. The molecule has 5 heteroatoms. The van der Waals surface area contributed by atoms with Crippen molar-refractivity contribution in [3.63, 3.8) is 0 Å². The molecule has 22 heavy (non-hydrogen) atoms. The minimum Gasteiger partial charge on any atom is -0.497 e. The number of anilines is 1. The summed E-state index contributed by atoms with van der Waals surface area (Å²) in [6.45, 7) is 0.658. The Labute approximate surface area is 131 Å². The van der Waals surface area contributed by atoms with E-state index in [0.717, 1.165) is 5.75 Å². The van der Waals surface area contributed by atoms with Gasteiger partial charge in [0, 0.05) is 12.7 Å². The van der Waals surface area contributed by atoms with Crippen LogP contribution in [0, 0.1) is 11.3 Å². The molecule has 0 spiro atoms. The van der Waals surface area contributed by atoms with Crippen LogP contribution in [0.15, 0.2) is 42.6 Å². The Hall–Kier alpha value is -2.58. The molecule has 0 amide bonds. The molecule has 0 aliphatic rings. The van der Waals surface area contributed by atoms with Crippen LogP contribution in [0.5, 0.6) is 5.75 Å². The van der Waals surface area contributed by atoms with Crippen LogP contribution in [-0.4, -0.2) is 37.6 Å². The SMILES string of the molecule is COc1ccc([C@@H](CNc2ncccc2C#N)N(C)C)cc1. The van der Waals surface area contributed by atoms with Crippen molar-refractivity contribution in [3.8, 4) is 11.8 Å². The van der Waals surface area contributed by atoms with Gasteiger partial charge < -0.3 is 15.0 Å². The van der Waals surface area contributed by atoms with Crippen molar-refractivity contribution in [1.29, 1.82) is 5.26 Å². The fourth-order valence-electron chi connectivity index (χ4n) is 2.25. The van der Waals surface area contributed by atoms with Crippen LogP contribution < -0.4 is 10.1 Å². The Morgan fingerprint density at radius 2 is 2.00 bits per heavy atom. The van der Waals surface area contributed by atoms with Crippen molar-refractivity contribution in [1.82, 2.24) is 9.88 Å². The van der Waals surface area contributed by atoms with Gasteiger partial charge in [-0.3, -0.25) is 0 Å². The van der Waals surface area contributed by atoms with E-state index in [0.29, 0.717) is 17.9 Å². The number of nitrogens with one attached hydrogen (secondary N) is 1. The summed E-state index contributed by atoms with van der Waals surface area (Å²) in [5.74, 6) is 1.45. The number of hydrogen-bond acceptors (Lipinski definition) is 5. The highest BCUT2D eigenvalue weighted by Gasteiger charge is 2.15. The van der Waals surface area contributed by atoms with E-state index in [9.17, 15) is 0 Å². The molecule has 0 fully saturated rings. The van der Waals surface area contributed by atoms with Gasteiger partial charge in [0.25, 0.3) is 0 Å². The second kappa shape index (κ2) is 7.43. The maximum absolute atomic E-state index is 9.11. The topological polar surface area (TPSA) is 61.2 Å². The average molecular weight is 296 g/mol. The van der Waals surface area contributed by atoms with E-state index in [4.69, 9.17) is 10.00 Å². The van der Waals surface area contributed by atoms with Crippen LogP contribution in [0.1, 0.15) is 17.2 Å². The van der Waals surface area contributed by atoms with Crippen LogP contribution in [0.25, 0.3) is 0 Å². The molecule has 1 atom stereocenters. The molecular formula is C17H20N4O. The molecule has 1 aromatic carbocycles. The van der Waals surface area contributed by atoms with E-state index in [1.165, 1.54) is 5.56 Å². The molecule has 1 heterocycles. The van der Waals surface area contributed by atoms with Gasteiger partial charge in [0.05, 0.1) is 18.7 Å². The molecule has 1 aromatic heterocycles. The molecule has 0 bridgehead atoms. The first kappa shape index (κ1) is 15.8. The number of methoxy groups -OCH3 is 1. The van der Waals surface area contributed by atoms with E-state index in [-0.39, 0.29) is 6.04 Å². The van der Waals surface area contributed by atoms with Gasteiger partial charge in [0.1, 0.15) is 17.6 Å². The second-order valence-corrected chi connectivity index (χ2v) is 5.14. The third kappa shape index (κ3) is 3.74. The molecule has 0 saturated carbocycles. The lowest BCUT2D eigenvalue weighted by atomic mass is 10.1. The summed E-state index contributed by atoms with van der Waals surface area (Å²) in [7, 11) is 5.71. The number of ether oxygens (including phenoxy) is 1. The van der Waals surface area contributed by atoms with E-state index in [1.807, 2.05) is 26.2 Å². The van der Waals surface area contributed by atoms with Gasteiger partial charge in [-0.25, -0.2) is 4.98 Å². The summed E-state index contributed by atoms with van der Waals surface area (Å²) in [5, 5.41) is 12.4. The number of likely N-dealkylation sites (N-methyl/N-ethyl adjacent to an activating group) is 1. The van der Waals surface area contributed by atoms with Crippen molar-refractivity contribution in [3.05, 3.63) is 53.7 Å². The fourth-order valence-corrected chi connectivity index (χ4v) is 2.25. The molecule has 0 aliphatic carbocycles. The minimum atomic E-state index is 0.166. The summed E-state index contributed by atoms with van der Waals surface area (Å²) < 4.78 is 5.19. The zero-order chi connectivity index (χ0) is 15.9. The Morgan fingerprint density at radius 1 is 1.27 bits per heavy atom. The number of benzene rings is 1. The Kier molecular flexibility index (Phi) is 5.34. The number of pyridine rings is 1. The predicted molar refractivity (Wildman–Crippen MR) is 86.9 cm³/mol. The van der Waals surface area contributed by atoms with Crippen LogP contribution in [-0.2, 0) is 0 Å². The van der Waals surface area contributed by atoms with Gasteiger partial charge in [-0.1, -0.05) is 12.1 Å². The molecule has 5 nitrogen and oxygen atoms in total. The Bertz CT molecular complexity index is 646. The highest BCUT2D eigenvalue weighted by molar-refractivity contribution is 5.51. The van der Waals surface area contributed by atoms with Crippen molar-refractivity contribution in [2.24, 2.45) is 0 Å². The van der Waals surface area contributed by atoms with E-state index < -0.39 is 0 Å². The maximum atomic E-state index is 9.11. The van der Waals surface area contributed by atoms with E-state index in [2.05, 4.69) is 33.4 Å². The van der Waals surface area contributed by atoms with Gasteiger partial charge in [-0.2, -0.15) is 5.26 Å². The van der Waals surface area contributed by atoms with Crippen molar-refractivity contribution in [2.75, 3.05) is 33.1 Å². The van der Waals surface area contributed by atoms with Crippen LogP contribution in [0.3, 0.4) is 0 Å². The van der Waals surface area contributed by atoms with Crippen molar-refractivity contribution >= 4 is 5.82 Å². The summed E-state index contributed by atoms with van der Waals surface area (Å²) in [6.07, 6.45) is 1.68. The average Bonchev–Trinajstić information content (AvgIpc) is 2.55. The molecule has 2 aromatic rings. The van der Waals surface area contributed by atoms with E-state index >= 15 is 0 Å². The number of nitrogens with zero attached hydrogens (tertiary/aromatic N) is 3. The predicted octanol–water partition coefficient (Wildman–Crippen LogP) is 2.68. The van der Waals surface area contributed by atoms with Crippen LogP contribution >= 0.6 is 0 Å². The lowest BCUT2D eigenvalue weighted by Crippen LogP contribution is -2.27. The first-order chi connectivity index (χ1) is 10.7. The molecule has 2 rings (SSSR count). The second-order valence-electron chi connectivity index (χ2n) is 5.14. The van der Waals surface area contributed by atoms with Crippen LogP contribution in [0.4, 0.5) is 5.82 Å². The van der Waals surface area contributed by atoms with Gasteiger partial charge >= 0.3 is 0 Å². The standard InChI is InChI=1S/C17H20N4O/c1-21(2)16(13-6-8-15(22-3)9-7-13)12-20-17-14(11-18)5-4-10-19-17/h4-10,16H,12H2,1-3H3,(H,19,20)/t16-/m1/s1. The zero-order valence-corrected chi connectivity index (χ0v) is 13.1. The lowest BCUT2D eigenvalue weighted by molar-refractivity contribution is 0.311.